The molecule has 1 aliphatic heterocycles. The van der Waals surface area contributed by atoms with Crippen LogP contribution in [0, 0.1) is 0 Å². The quantitative estimate of drug-likeness (QED) is 0.387. The first-order valence-corrected chi connectivity index (χ1v) is 11.0. The average Bonchev–Trinajstić information content (AvgIpc) is 3.39. The van der Waals surface area contributed by atoms with Crippen molar-refractivity contribution in [3.63, 3.8) is 0 Å². The number of benzene rings is 3. The molecule has 2 heterocycles. The van der Waals surface area contributed by atoms with Gasteiger partial charge in [0.15, 0.2) is 0 Å². The fraction of sp³-hybridized carbons (Fsp3) is 0.0400. The van der Waals surface area contributed by atoms with E-state index in [1.165, 1.54) is 16.2 Å². The van der Waals surface area contributed by atoms with Crippen molar-refractivity contribution in [2.75, 3.05) is 5.32 Å². The molecule has 31 heavy (non-hydrogen) atoms. The van der Waals surface area contributed by atoms with E-state index in [-0.39, 0.29) is 18.4 Å². The Labute approximate surface area is 188 Å². The van der Waals surface area contributed by atoms with Crippen molar-refractivity contribution < 1.29 is 9.59 Å². The fourth-order valence-electron chi connectivity index (χ4n) is 3.73. The van der Waals surface area contributed by atoms with Gasteiger partial charge in [-0.1, -0.05) is 66.2 Å². The minimum absolute atomic E-state index is 0.185. The number of amides is 2. The van der Waals surface area contributed by atoms with Gasteiger partial charge in [0.2, 0.25) is 0 Å². The molecule has 0 atom stereocenters. The van der Waals surface area contributed by atoms with Crippen LogP contribution in [-0.2, 0) is 16.1 Å². The van der Waals surface area contributed by atoms with Crippen LogP contribution in [0.2, 0.25) is 5.02 Å². The molecule has 0 bridgehead atoms. The second kappa shape index (κ2) is 8.02. The van der Waals surface area contributed by atoms with Gasteiger partial charge in [0.1, 0.15) is 5.70 Å². The number of anilines is 1. The molecular weight excluding hydrogens is 428 g/mol. The van der Waals surface area contributed by atoms with E-state index in [2.05, 4.69) is 5.32 Å². The van der Waals surface area contributed by atoms with Gasteiger partial charge in [-0.3, -0.25) is 14.5 Å². The smallest absolute Gasteiger partial charge is 0.278 e. The van der Waals surface area contributed by atoms with E-state index in [0.29, 0.717) is 16.3 Å². The standard InChI is InChI=1S/C25H17ClN2O2S/c26-18-12-10-16(11-13-18)15-28-24(29)22(21-9-4-14-31-21)23(25(28)30)27-20-8-3-6-17-5-1-2-7-19(17)20/h1-14,27H,15H2. The first-order valence-electron chi connectivity index (χ1n) is 9.75. The van der Waals surface area contributed by atoms with Crippen LogP contribution in [0.4, 0.5) is 5.69 Å². The third-order valence-electron chi connectivity index (χ3n) is 5.24. The van der Waals surface area contributed by atoms with E-state index >= 15 is 0 Å². The molecule has 4 aromatic rings. The molecule has 0 radical (unpaired) electrons. The molecule has 2 amide bonds. The molecule has 3 aromatic carbocycles. The van der Waals surface area contributed by atoms with Crippen LogP contribution in [0.1, 0.15) is 10.4 Å². The summed E-state index contributed by atoms with van der Waals surface area (Å²) >= 11 is 7.41. The van der Waals surface area contributed by atoms with Crippen molar-refractivity contribution in [1.82, 2.24) is 4.90 Å². The topological polar surface area (TPSA) is 49.4 Å². The van der Waals surface area contributed by atoms with Gasteiger partial charge < -0.3 is 5.32 Å². The molecule has 1 N–H and O–H groups in total. The lowest BCUT2D eigenvalue weighted by Gasteiger charge is -2.16. The van der Waals surface area contributed by atoms with Gasteiger partial charge >= 0.3 is 0 Å². The Balaban J connectivity index is 1.56. The zero-order chi connectivity index (χ0) is 21.4. The monoisotopic (exact) mass is 444 g/mol. The molecular formula is C25H17ClN2O2S. The van der Waals surface area contributed by atoms with Crippen LogP contribution >= 0.6 is 22.9 Å². The Morgan fingerprint density at radius 3 is 2.39 bits per heavy atom. The highest BCUT2D eigenvalue weighted by molar-refractivity contribution is 7.11. The van der Waals surface area contributed by atoms with E-state index in [0.717, 1.165) is 26.9 Å². The maximum Gasteiger partial charge on any atom is 0.278 e. The minimum Gasteiger partial charge on any atom is -0.350 e. The molecule has 0 unspecified atom stereocenters. The SMILES string of the molecule is O=C1C(Nc2cccc3ccccc23)=C(c2cccs2)C(=O)N1Cc1ccc(Cl)cc1. The van der Waals surface area contributed by atoms with Crippen LogP contribution in [-0.4, -0.2) is 16.7 Å². The van der Waals surface area contributed by atoms with E-state index < -0.39 is 0 Å². The zero-order valence-electron chi connectivity index (χ0n) is 16.3. The number of carbonyl (C=O) groups excluding carboxylic acids is 2. The summed E-state index contributed by atoms with van der Waals surface area (Å²) < 4.78 is 0. The number of rotatable bonds is 5. The number of thiophene rings is 1. The summed E-state index contributed by atoms with van der Waals surface area (Å²) in [5, 5.41) is 7.83. The largest absolute Gasteiger partial charge is 0.350 e. The molecule has 4 nitrogen and oxygen atoms in total. The Morgan fingerprint density at radius 1 is 0.839 bits per heavy atom. The number of carbonyl (C=O) groups is 2. The lowest BCUT2D eigenvalue weighted by Crippen LogP contribution is -2.31. The lowest BCUT2D eigenvalue weighted by molar-refractivity contribution is -0.137. The molecule has 6 heteroatoms. The average molecular weight is 445 g/mol. The second-order valence-corrected chi connectivity index (χ2v) is 8.59. The molecule has 0 fully saturated rings. The fourth-order valence-corrected chi connectivity index (χ4v) is 4.62. The first kappa shape index (κ1) is 19.5. The van der Waals surface area contributed by atoms with Crippen molar-refractivity contribution in [2.45, 2.75) is 6.54 Å². The Bertz CT molecular complexity index is 1320. The van der Waals surface area contributed by atoms with Gasteiger partial charge in [-0.15, -0.1) is 11.3 Å². The third kappa shape index (κ3) is 3.63. The normalized spacial score (nSPS) is 14.0. The highest BCUT2D eigenvalue weighted by atomic mass is 35.5. The molecule has 5 rings (SSSR count). The lowest BCUT2D eigenvalue weighted by atomic mass is 10.1. The van der Waals surface area contributed by atoms with Crippen molar-refractivity contribution in [1.29, 1.82) is 0 Å². The first-order chi connectivity index (χ1) is 15.1. The van der Waals surface area contributed by atoms with Crippen LogP contribution in [0.5, 0.6) is 0 Å². The van der Waals surface area contributed by atoms with E-state index in [1.807, 2.05) is 72.1 Å². The number of hydrogen-bond acceptors (Lipinski definition) is 4. The van der Waals surface area contributed by atoms with Gasteiger partial charge in [0.25, 0.3) is 11.8 Å². The van der Waals surface area contributed by atoms with Gasteiger partial charge in [0.05, 0.1) is 12.1 Å². The molecule has 0 aliphatic carbocycles. The third-order valence-corrected chi connectivity index (χ3v) is 6.38. The molecule has 0 saturated heterocycles. The van der Waals surface area contributed by atoms with Crippen molar-refractivity contribution in [2.24, 2.45) is 0 Å². The maximum absolute atomic E-state index is 13.4. The molecule has 1 aromatic heterocycles. The number of nitrogens with one attached hydrogen (secondary N) is 1. The van der Waals surface area contributed by atoms with Gasteiger partial charge in [0, 0.05) is 21.0 Å². The zero-order valence-corrected chi connectivity index (χ0v) is 17.9. The molecule has 1 aliphatic rings. The molecule has 0 spiro atoms. The van der Waals surface area contributed by atoms with Crippen LogP contribution in [0.3, 0.4) is 0 Å². The summed E-state index contributed by atoms with van der Waals surface area (Å²) in [5.41, 5.74) is 2.33. The summed E-state index contributed by atoms with van der Waals surface area (Å²) in [7, 11) is 0. The summed E-state index contributed by atoms with van der Waals surface area (Å²) in [6.07, 6.45) is 0. The van der Waals surface area contributed by atoms with Crippen molar-refractivity contribution >= 4 is 56.8 Å². The molecule has 152 valence electrons. The van der Waals surface area contributed by atoms with E-state index in [4.69, 9.17) is 11.6 Å². The number of imide groups is 1. The van der Waals surface area contributed by atoms with Crippen molar-refractivity contribution in [3.8, 4) is 0 Å². The minimum atomic E-state index is -0.337. The summed E-state index contributed by atoms with van der Waals surface area (Å²) in [4.78, 5) is 28.8. The van der Waals surface area contributed by atoms with Crippen molar-refractivity contribution in [3.05, 3.63) is 105 Å². The highest BCUT2D eigenvalue weighted by Crippen LogP contribution is 2.35. The van der Waals surface area contributed by atoms with Gasteiger partial charge in [-0.05, 0) is 40.6 Å². The number of nitrogens with zero attached hydrogens (tertiary/aromatic N) is 1. The van der Waals surface area contributed by atoms with Gasteiger partial charge in [-0.25, -0.2) is 0 Å². The van der Waals surface area contributed by atoms with Crippen LogP contribution < -0.4 is 5.32 Å². The summed E-state index contributed by atoms with van der Waals surface area (Å²) in [5.74, 6) is -0.638. The molecule has 0 saturated carbocycles. The Kier molecular flexibility index (Phi) is 5.06. The Morgan fingerprint density at radius 2 is 1.61 bits per heavy atom. The predicted molar refractivity (Wildman–Crippen MR) is 126 cm³/mol. The number of halogens is 1. The van der Waals surface area contributed by atoms with Crippen LogP contribution in [0.15, 0.2) is 89.9 Å². The summed E-state index contributed by atoms with van der Waals surface area (Å²) in [6, 6.07) is 24.7. The number of fused-ring (bicyclic) bond motifs is 1. The highest BCUT2D eigenvalue weighted by Gasteiger charge is 2.39. The number of hydrogen-bond donors (Lipinski definition) is 1. The summed E-state index contributed by atoms with van der Waals surface area (Å²) in [6.45, 7) is 0.185. The van der Waals surface area contributed by atoms with Gasteiger partial charge in [-0.2, -0.15) is 0 Å². The van der Waals surface area contributed by atoms with E-state index in [1.54, 1.807) is 12.1 Å². The van der Waals surface area contributed by atoms with Crippen LogP contribution in [0.25, 0.3) is 16.3 Å². The maximum atomic E-state index is 13.4. The van der Waals surface area contributed by atoms with E-state index in [9.17, 15) is 9.59 Å². The second-order valence-electron chi connectivity index (χ2n) is 7.20. The Hall–Kier alpha value is -3.41. The predicted octanol–water partition coefficient (Wildman–Crippen LogP) is 5.95.